The molecule has 0 spiro atoms. The largest absolute Gasteiger partial charge is 0.397 e. The van der Waals surface area contributed by atoms with Gasteiger partial charge in [0.2, 0.25) is 5.91 Å². The number of rotatable bonds is 6. The van der Waals surface area contributed by atoms with E-state index in [2.05, 4.69) is 17.1 Å². The van der Waals surface area contributed by atoms with Crippen molar-refractivity contribution in [1.29, 1.82) is 0 Å². The molecule has 1 saturated carbocycles. The van der Waals surface area contributed by atoms with Crippen LogP contribution < -0.4 is 11.1 Å². The minimum absolute atomic E-state index is 0.0264. The molecule has 1 amide bonds. The van der Waals surface area contributed by atoms with E-state index in [1.807, 2.05) is 6.92 Å². The first-order valence-corrected chi connectivity index (χ1v) is 7.49. The van der Waals surface area contributed by atoms with Gasteiger partial charge in [0, 0.05) is 11.6 Å². The van der Waals surface area contributed by atoms with Crippen LogP contribution in [0.4, 0.5) is 11.4 Å². The third-order valence-electron chi connectivity index (χ3n) is 3.79. The number of anilines is 2. The summed E-state index contributed by atoms with van der Waals surface area (Å²) in [5.41, 5.74) is 6.96. The maximum atomic E-state index is 12.3. The smallest absolute Gasteiger partial charge is 0.241 e. The highest BCUT2D eigenvalue weighted by Crippen LogP contribution is 2.30. The molecule has 1 fully saturated rings. The number of halogens is 1. The maximum absolute atomic E-state index is 12.3. The summed E-state index contributed by atoms with van der Waals surface area (Å²) in [6, 6.07) is 4.94. The molecule has 0 aliphatic heterocycles. The molecule has 1 unspecified atom stereocenters. The molecule has 1 aromatic rings. The first-order chi connectivity index (χ1) is 9.51. The lowest BCUT2D eigenvalue weighted by molar-refractivity contribution is -0.120. The van der Waals surface area contributed by atoms with Crippen LogP contribution in [-0.2, 0) is 4.79 Å². The number of carbonyl (C=O) groups is 1. The summed E-state index contributed by atoms with van der Waals surface area (Å²) in [6.45, 7) is 5.90. The van der Waals surface area contributed by atoms with E-state index < -0.39 is 0 Å². The molecular weight excluding hydrogens is 274 g/mol. The summed E-state index contributed by atoms with van der Waals surface area (Å²) >= 11 is 5.85. The number of likely N-dealkylation sites (N-methyl/N-ethyl adjacent to an activating group) is 1. The van der Waals surface area contributed by atoms with Crippen molar-refractivity contribution < 1.29 is 4.79 Å². The lowest BCUT2D eigenvalue weighted by atomic mass is 10.2. The van der Waals surface area contributed by atoms with Gasteiger partial charge in [-0.05, 0) is 50.4 Å². The highest BCUT2D eigenvalue weighted by atomic mass is 35.5. The number of nitrogens with zero attached hydrogens (tertiary/aromatic N) is 1. The lowest BCUT2D eigenvalue weighted by Crippen LogP contribution is -2.43. The zero-order valence-corrected chi connectivity index (χ0v) is 12.8. The molecule has 0 aromatic heterocycles. The number of nitrogens with two attached hydrogens (primary N) is 1. The van der Waals surface area contributed by atoms with Crippen LogP contribution in [-0.4, -0.2) is 29.9 Å². The first kappa shape index (κ1) is 15.1. The third kappa shape index (κ3) is 3.87. The number of carbonyl (C=O) groups excluding carboxylic acids is 1. The van der Waals surface area contributed by atoms with Crippen molar-refractivity contribution in [3.63, 3.8) is 0 Å². The predicted molar refractivity (Wildman–Crippen MR) is 83.9 cm³/mol. The molecule has 0 radical (unpaired) electrons. The van der Waals surface area contributed by atoms with E-state index >= 15 is 0 Å². The SMILES string of the molecule is CCN(CC1CC1)C(C)C(=O)Nc1ccc(Cl)cc1N. The number of hydrogen-bond donors (Lipinski definition) is 2. The molecule has 1 atom stereocenters. The van der Waals surface area contributed by atoms with Crippen molar-refractivity contribution in [2.45, 2.75) is 32.7 Å². The van der Waals surface area contributed by atoms with Crippen molar-refractivity contribution in [2.24, 2.45) is 5.92 Å². The first-order valence-electron chi connectivity index (χ1n) is 7.11. The van der Waals surface area contributed by atoms with Gasteiger partial charge in [0.1, 0.15) is 0 Å². The van der Waals surface area contributed by atoms with Gasteiger partial charge >= 0.3 is 0 Å². The average molecular weight is 296 g/mol. The standard InChI is InChI=1S/C15H22ClN3O/c1-3-19(9-11-4-5-11)10(2)15(20)18-14-7-6-12(16)8-13(14)17/h6-8,10-11H,3-5,9,17H2,1-2H3,(H,18,20). The zero-order chi connectivity index (χ0) is 14.7. The van der Waals surface area contributed by atoms with E-state index in [1.165, 1.54) is 12.8 Å². The zero-order valence-electron chi connectivity index (χ0n) is 12.0. The number of nitrogen functional groups attached to an aromatic ring is 1. The molecule has 1 aliphatic carbocycles. The van der Waals surface area contributed by atoms with Gasteiger partial charge in [-0.1, -0.05) is 18.5 Å². The number of amides is 1. The Kier molecular flexibility index (Phi) is 4.89. The monoisotopic (exact) mass is 295 g/mol. The van der Waals surface area contributed by atoms with Crippen LogP contribution >= 0.6 is 11.6 Å². The van der Waals surface area contributed by atoms with Crippen molar-refractivity contribution in [1.82, 2.24) is 4.90 Å². The second kappa shape index (κ2) is 6.46. The lowest BCUT2D eigenvalue weighted by Gasteiger charge is -2.27. The van der Waals surface area contributed by atoms with Gasteiger partial charge in [-0.15, -0.1) is 0 Å². The Morgan fingerprint density at radius 2 is 2.25 bits per heavy atom. The summed E-state index contributed by atoms with van der Waals surface area (Å²) in [6.07, 6.45) is 2.57. The Labute approximate surface area is 125 Å². The second-order valence-electron chi connectivity index (χ2n) is 5.43. The van der Waals surface area contributed by atoms with Crippen LogP contribution in [0.2, 0.25) is 5.02 Å². The van der Waals surface area contributed by atoms with Crippen molar-refractivity contribution in [3.05, 3.63) is 23.2 Å². The van der Waals surface area contributed by atoms with Crippen LogP contribution in [0, 0.1) is 5.92 Å². The van der Waals surface area contributed by atoms with Gasteiger partial charge in [-0.2, -0.15) is 0 Å². The summed E-state index contributed by atoms with van der Waals surface area (Å²) < 4.78 is 0. The van der Waals surface area contributed by atoms with Crippen LogP contribution in [0.15, 0.2) is 18.2 Å². The van der Waals surface area contributed by atoms with Crippen LogP contribution in [0.5, 0.6) is 0 Å². The Morgan fingerprint density at radius 3 is 2.80 bits per heavy atom. The molecule has 0 heterocycles. The fraction of sp³-hybridized carbons (Fsp3) is 0.533. The molecule has 1 aliphatic rings. The fourth-order valence-electron chi connectivity index (χ4n) is 2.24. The van der Waals surface area contributed by atoms with Gasteiger partial charge in [0.15, 0.2) is 0 Å². The molecule has 3 N–H and O–H groups in total. The Balaban J connectivity index is 1.98. The van der Waals surface area contributed by atoms with Gasteiger partial charge in [0.05, 0.1) is 17.4 Å². The maximum Gasteiger partial charge on any atom is 0.241 e. The van der Waals surface area contributed by atoms with Crippen LogP contribution in [0.3, 0.4) is 0 Å². The minimum atomic E-state index is -0.157. The molecule has 20 heavy (non-hydrogen) atoms. The van der Waals surface area contributed by atoms with E-state index in [1.54, 1.807) is 18.2 Å². The molecule has 4 nitrogen and oxygen atoms in total. The van der Waals surface area contributed by atoms with Gasteiger partial charge in [0.25, 0.3) is 0 Å². The summed E-state index contributed by atoms with van der Waals surface area (Å²) in [5.74, 6) is 0.743. The summed E-state index contributed by atoms with van der Waals surface area (Å²) in [4.78, 5) is 14.5. The molecule has 1 aromatic carbocycles. The van der Waals surface area contributed by atoms with Crippen molar-refractivity contribution in [3.8, 4) is 0 Å². The van der Waals surface area contributed by atoms with Crippen molar-refractivity contribution in [2.75, 3.05) is 24.1 Å². The predicted octanol–water partition coefficient (Wildman–Crippen LogP) is 2.98. The molecule has 5 heteroatoms. The van der Waals surface area contributed by atoms with E-state index in [0.717, 1.165) is 19.0 Å². The molecular formula is C15H22ClN3O. The van der Waals surface area contributed by atoms with Gasteiger partial charge < -0.3 is 11.1 Å². The molecule has 2 rings (SSSR count). The van der Waals surface area contributed by atoms with E-state index in [4.69, 9.17) is 17.3 Å². The Bertz CT molecular complexity index is 488. The molecule has 0 bridgehead atoms. The molecule has 0 saturated heterocycles. The Hall–Kier alpha value is -1.26. The quantitative estimate of drug-likeness (QED) is 0.793. The van der Waals surface area contributed by atoms with Crippen LogP contribution in [0.25, 0.3) is 0 Å². The summed E-state index contributed by atoms with van der Waals surface area (Å²) in [5, 5.41) is 3.45. The van der Waals surface area contributed by atoms with Gasteiger partial charge in [-0.3, -0.25) is 9.69 Å². The minimum Gasteiger partial charge on any atom is -0.397 e. The third-order valence-corrected chi connectivity index (χ3v) is 4.03. The van der Waals surface area contributed by atoms with Crippen LogP contribution in [0.1, 0.15) is 26.7 Å². The fourth-order valence-corrected chi connectivity index (χ4v) is 2.42. The topological polar surface area (TPSA) is 58.4 Å². The van der Waals surface area contributed by atoms with Crippen molar-refractivity contribution >= 4 is 28.9 Å². The van der Waals surface area contributed by atoms with E-state index in [9.17, 15) is 4.79 Å². The number of hydrogen-bond acceptors (Lipinski definition) is 3. The second-order valence-corrected chi connectivity index (χ2v) is 5.86. The highest BCUT2D eigenvalue weighted by molar-refractivity contribution is 6.31. The van der Waals surface area contributed by atoms with E-state index in [0.29, 0.717) is 16.4 Å². The number of benzene rings is 1. The summed E-state index contributed by atoms with van der Waals surface area (Å²) in [7, 11) is 0. The Morgan fingerprint density at radius 1 is 1.55 bits per heavy atom. The highest BCUT2D eigenvalue weighted by Gasteiger charge is 2.28. The molecule has 110 valence electrons. The normalized spacial score (nSPS) is 16.2. The van der Waals surface area contributed by atoms with Gasteiger partial charge in [-0.25, -0.2) is 0 Å². The number of nitrogens with one attached hydrogen (secondary N) is 1. The van der Waals surface area contributed by atoms with E-state index in [-0.39, 0.29) is 11.9 Å². The average Bonchev–Trinajstić information content (AvgIpc) is 3.22.